The molecule has 0 aliphatic carbocycles. The molecule has 0 aromatic carbocycles. The Balaban J connectivity index is 2.20. The van der Waals surface area contributed by atoms with E-state index in [9.17, 15) is 0 Å². The largest absolute Gasteiger partial charge is 0.350 e. The van der Waals surface area contributed by atoms with Crippen molar-refractivity contribution in [1.82, 2.24) is 15.5 Å². The zero-order valence-electron chi connectivity index (χ0n) is 9.40. The van der Waals surface area contributed by atoms with Gasteiger partial charge in [0.15, 0.2) is 5.82 Å². The van der Waals surface area contributed by atoms with Gasteiger partial charge in [-0.2, -0.15) is 5.10 Å². The average Bonchev–Trinajstić information content (AvgIpc) is 2.29. The standard InChI is InChI=1S/C11H18N4/c1-3-10-8-12-4-5-15(10)11-6-9(2)7-13-14-11/h6-7,10,12H,3-5,8H2,1-2H3. The highest BCUT2D eigenvalue weighted by Crippen LogP contribution is 2.17. The van der Waals surface area contributed by atoms with E-state index in [-0.39, 0.29) is 0 Å². The summed E-state index contributed by atoms with van der Waals surface area (Å²) < 4.78 is 0. The molecule has 1 aromatic heterocycles. The highest BCUT2D eigenvalue weighted by molar-refractivity contribution is 5.41. The number of aryl methyl sites for hydroxylation is 1. The molecule has 1 N–H and O–H groups in total. The monoisotopic (exact) mass is 206 g/mol. The van der Waals surface area contributed by atoms with Gasteiger partial charge in [-0.05, 0) is 25.0 Å². The molecular weight excluding hydrogens is 188 g/mol. The van der Waals surface area contributed by atoms with Crippen molar-refractivity contribution < 1.29 is 0 Å². The topological polar surface area (TPSA) is 41.0 Å². The number of aromatic nitrogens is 2. The lowest BCUT2D eigenvalue weighted by atomic mass is 10.1. The minimum absolute atomic E-state index is 0.551. The summed E-state index contributed by atoms with van der Waals surface area (Å²) in [5, 5.41) is 11.6. The van der Waals surface area contributed by atoms with Gasteiger partial charge in [-0.15, -0.1) is 5.10 Å². The summed E-state index contributed by atoms with van der Waals surface area (Å²) in [4.78, 5) is 2.36. The summed E-state index contributed by atoms with van der Waals surface area (Å²) in [6.07, 6.45) is 2.94. The van der Waals surface area contributed by atoms with Crippen LogP contribution >= 0.6 is 0 Å². The molecule has 0 radical (unpaired) electrons. The van der Waals surface area contributed by atoms with Crippen LogP contribution in [-0.2, 0) is 0 Å². The van der Waals surface area contributed by atoms with Crippen LogP contribution in [0.25, 0.3) is 0 Å². The number of hydrogen-bond donors (Lipinski definition) is 1. The summed E-state index contributed by atoms with van der Waals surface area (Å²) in [6, 6.07) is 2.66. The van der Waals surface area contributed by atoms with E-state index in [1.54, 1.807) is 6.20 Å². The molecule has 1 aliphatic heterocycles. The zero-order chi connectivity index (χ0) is 10.7. The molecule has 1 fully saturated rings. The molecule has 0 spiro atoms. The third kappa shape index (κ3) is 2.26. The normalized spacial score (nSPS) is 21.7. The van der Waals surface area contributed by atoms with Gasteiger partial charge in [-0.1, -0.05) is 6.92 Å². The van der Waals surface area contributed by atoms with E-state index in [0.717, 1.165) is 31.9 Å². The van der Waals surface area contributed by atoms with Crippen molar-refractivity contribution in [2.75, 3.05) is 24.5 Å². The van der Waals surface area contributed by atoms with Crippen molar-refractivity contribution in [3.63, 3.8) is 0 Å². The number of rotatable bonds is 2. The lowest BCUT2D eigenvalue weighted by molar-refractivity contribution is 0.461. The fraction of sp³-hybridized carbons (Fsp3) is 0.636. The van der Waals surface area contributed by atoms with Crippen LogP contribution < -0.4 is 10.2 Å². The Kier molecular flexibility index (Phi) is 3.16. The minimum atomic E-state index is 0.551. The minimum Gasteiger partial charge on any atom is -0.350 e. The molecule has 82 valence electrons. The van der Waals surface area contributed by atoms with E-state index in [1.165, 1.54) is 5.56 Å². The van der Waals surface area contributed by atoms with Gasteiger partial charge in [0.1, 0.15) is 0 Å². The van der Waals surface area contributed by atoms with Crippen LogP contribution in [0.1, 0.15) is 18.9 Å². The lowest BCUT2D eigenvalue weighted by Crippen LogP contribution is -2.51. The SMILES string of the molecule is CCC1CNCCN1c1cc(C)cnn1. The molecular formula is C11H18N4. The van der Waals surface area contributed by atoms with Crippen LogP contribution in [-0.4, -0.2) is 35.9 Å². The van der Waals surface area contributed by atoms with E-state index in [1.807, 2.05) is 0 Å². The molecule has 1 aliphatic rings. The molecule has 2 heterocycles. The molecule has 1 saturated heterocycles. The molecule has 1 atom stereocenters. The maximum Gasteiger partial charge on any atom is 0.151 e. The predicted octanol–water partition coefficient (Wildman–Crippen LogP) is 0.973. The maximum absolute atomic E-state index is 4.21. The highest BCUT2D eigenvalue weighted by atomic mass is 15.3. The van der Waals surface area contributed by atoms with Crippen LogP contribution in [0.3, 0.4) is 0 Å². The number of nitrogens with zero attached hydrogens (tertiary/aromatic N) is 3. The van der Waals surface area contributed by atoms with Gasteiger partial charge < -0.3 is 10.2 Å². The first-order valence-electron chi connectivity index (χ1n) is 5.58. The van der Waals surface area contributed by atoms with Crippen molar-refractivity contribution >= 4 is 5.82 Å². The number of hydrogen-bond acceptors (Lipinski definition) is 4. The van der Waals surface area contributed by atoms with Gasteiger partial charge in [0.2, 0.25) is 0 Å². The van der Waals surface area contributed by atoms with Crippen LogP contribution in [0.5, 0.6) is 0 Å². The van der Waals surface area contributed by atoms with Gasteiger partial charge in [0.25, 0.3) is 0 Å². The van der Waals surface area contributed by atoms with Crippen LogP contribution in [0.4, 0.5) is 5.82 Å². The van der Waals surface area contributed by atoms with Crippen LogP contribution in [0.15, 0.2) is 12.3 Å². The second-order valence-electron chi connectivity index (χ2n) is 4.05. The molecule has 0 saturated carbocycles. The lowest BCUT2D eigenvalue weighted by Gasteiger charge is -2.36. The van der Waals surface area contributed by atoms with Gasteiger partial charge in [0.05, 0.1) is 6.20 Å². The van der Waals surface area contributed by atoms with E-state index in [2.05, 4.69) is 40.3 Å². The Morgan fingerprint density at radius 1 is 1.60 bits per heavy atom. The summed E-state index contributed by atoms with van der Waals surface area (Å²) in [5.41, 5.74) is 1.17. The molecule has 1 aromatic rings. The molecule has 1 unspecified atom stereocenters. The smallest absolute Gasteiger partial charge is 0.151 e. The quantitative estimate of drug-likeness (QED) is 0.783. The maximum atomic E-state index is 4.21. The van der Waals surface area contributed by atoms with Gasteiger partial charge in [-0.25, -0.2) is 0 Å². The summed E-state index contributed by atoms with van der Waals surface area (Å²) in [7, 11) is 0. The van der Waals surface area contributed by atoms with Crippen molar-refractivity contribution in [2.24, 2.45) is 0 Å². The first-order chi connectivity index (χ1) is 7.31. The summed E-state index contributed by atoms with van der Waals surface area (Å²) in [6.45, 7) is 7.38. The number of anilines is 1. The Morgan fingerprint density at radius 2 is 2.47 bits per heavy atom. The first kappa shape index (κ1) is 10.4. The molecule has 0 amide bonds. The van der Waals surface area contributed by atoms with E-state index < -0.39 is 0 Å². The van der Waals surface area contributed by atoms with Crippen molar-refractivity contribution in [1.29, 1.82) is 0 Å². The van der Waals surface area contributed by atoms with E-state index in [0.29, 0.717) is 6.04 Å². The molecule has 15 heavy (non-hydrogen) atoms. The summed E-state index contributed by atoms with van der Waals surface area (Å²) >= 11 is 0. The van der Waals surface area contributed by atoms with E-state index >= 15 is 0 Å². The second-order valence-corrected chi connectivity index (χ2v) is 4.05. The second kappa shape index (κ2) is 4.57. The number of nitrogens with one attached hydrogen (secondary N) is 1. The molecule has 4 nitrogen and oxygen atoms in total. The highest BCUT2D eigenvalue weighted by Gasteiger charge is 2.21. The number of piperazine rings is 1. The molecule has 4 heteroatoms. The Labute approximate surface area is 90.7 Å². The van der Waals surface area contributed by atoms with E-state index in [4.69, 9.17) is 0 Å². The third-order valence-corrected chi connectivity index (χ3v) is 2.89. The fourth-order valence-electron chi connectivity index (χ4n) is 2.02. The van der Waals surface area contributed by atoms with Crippen molar-refractivity contribution in [3.8, 4) is 0 Å². The van der Waals surface area contributed by atoms with Crippen molar-refractivity contribution in [3.05, 3.63) is 17.8 Å². The summed E-state index contributed by atoms with van der Waals surface area (Å²) in [5.74, 6) is 1.02. The third-order valence-electron chi connectivity index (χ3n) is 2.89. The van der Waals surface area contributed by atoms with Gasteiger partial charge in [0, 0.05) is 25.7 Å². The van der Waals surface area contributed by atoms with Gasteiger partial charge in [-0.3, -0.25) is 0 Å². The van der Waals surface area contributed by atoms with Crippen LogP contribution in [0, 0.1) is 6.92 Å². The predicted molar refractivity (Wildman–Crippen MR) is 61.1 cm³/mol. The van der Waals surface area contributed by atoms with Gasteiger partial charge >= 0.3 is 0 Å². The first-order valence-corrected chi connectivity index (χ1v) is 5.58. The fourth-order valence-corrected chi connectivity index (χ4v) is 2.02. The Hall–Kier alpha value is -1.16. The Morgan fingerprint density at radius 3 is 3.20 bits per heavy atom. The average molecular weight is 206 g/mol. The van der Waals surface area contributed by atoms with Crippen molar-refractivity contribution in [2.45, 2.75) is 26.3 Å². The zero-order valence-corrected chi connectivity index (χ0v) is 9.40. The molecule has 2 rings (SSSR count). The van der Waals surface area contributed by atoms with Crippen LogP contribution in [0.2, 0.25) is 0 Å². The Bertz CT molecular complexity index is 326. The molecule has 0 bridgehead atoms.